The van der Waals surface area contributed by atoms with Gasteiger partial charge in [-0.05, 0) is 37.3 Å². The Morgan fingerprint density at radius 1 is 1.11 bits per heavy atom. The molecular weight excluding hydrogens is 367 g/mol. The van der Waals surface area contributed by atoms with Gasteiger partial charge < -0.3 is 9.80 Å². The number of fused-ring (bicyclic) bond motifs is 1. The molecule has 3 aromatic rings. The van der Waals surface area contributed by atoms with E-state index in [1.165, 1.54) is 12.1 Å². The van der Waals surface area contributed by atoms with Crippen molar-refractivity contribution in [2.45, 2.75) is 13.0 Å². The molecule has 1 aliphatic rings. The van der Waals surface area contributed by atoms with E-state index in [0.717, 1.165) is 0 Å². The first-order chi connectivity index (χ1) is 13.0. The Bertz CT molecular complexity index is 998. The summed E-state index contributed by atoms with van der Waals surface area (Å²) in [5.41, 5.74) is 0.677. The van der Waals surface area contributed by atoms with Crippen molar-refractivity contribution < 1.29 is 9.18 Å². The summed E-state index contributed by atoms with van der Waals surface area (Å²) in [5.74, 6) is 0.257. The van der Waals surface area contributed by atoms with Crippen molar-refractivity contribution in [2.24, 2.45) is 0 Å². The number of aromatic nitrogens is 2. The molecule has 1 amide bonds. The summed E-state index contributed by atoms with van der Waals surface area (Å²) in [6, 6.07) is 13.6. The molecule has 0 radical (unpaired) electrons. The molecule has 1 fully saturated rings. The second kappa shape index (κ2) is 7.12. The minimum atomic E-state index is -0.348. The van der Waals surface area contributed by atoms with E-state index in [1.54, 1.807) is 6.07 Å². The second-order valence-corrected chi connectivity index (χ2v) is 7.02. The van der Waals surface area contributed by atoms with Gasteiger partial charge in [-0.15, -0.1) is 10.2 Å². The Labute approximate surface area is 161 Å². The number of rotatable bonds is 2. The number of carbonyl (C=O) groups excluding carboxylic acids is 1. The molecule has 2 aromatic carbocycles. The first-order valence-corrected chi connectivity index (χ1v) is 9.15. The standard InChI is InChI=1S/C20H18ClFN4O/c1-13-12-25(9-10-26(13)20(27)14-5-3-2-4-6-14)19-17-11-15(22)7-8-16(17)18(21)23-24-19/h2-8,11,13H,9-10,12H2,1H3. The van der Waals surface area contributed by atoms with Crippen molar-refractivity contribution in [2.75, 3.05) is 24.5 Å². The lowest BCUT2D eigenvalue weighted by molar-refractivity contribution is 0.0674. The average Bonchev–Trinajstić information content (AvgIpc) is 2.68. The predicted octanol–water partition coefficient (Wildman–Crippen LogP) is 3.77. The van der Waals surface area contributed by atoms with E-state index >= 15 is 0 Å². The number of benzene rings is 2. The molecule has 138 valence electrons. The summed E-state index contributed by atoms with van der Waals surface area (Å²) in [5, 5.41) is 9.76. The quantitative estimate of drug-likeness (QED) is 0.674. The van der Waals surface area contributed by atoms with Crippen LogP contribution in [0.3, 0.4) is 0 Å². The molecule has 0 N–H and O–H groups in total. The molecule has 5 nitrogen and oxygen atoms in total. The van der Waals surface area contributed by atoms with E-state index in [2.05, 4.69) is 10.2 Å². The maximum Gasteiger partial charge on any atom is 0.254 e. The molecule has 4 rings (SSSR count). The molecule has 1 saturated heterocycles. The zero-order chi connectivity index (χ0) is 19.0. The largest absolute Gasteiger partial charge is 0.351 e. The fraction of sp³-hybridized carbons (Fsp3) is 0.250. The fourth-order valence-corrected chi connectivity index (χ4v) is 3.71. The highest BCUT2D eigenvalue weighted by atomic mass is 35.5. The van der Waals surface area contributed by atoms with Crippen LogP contribution in [0.2, 0.25) is 5.15 Å². The van der Waals surface area contributed by atoms with Crippen molar-refractivity contribution in [3.63, 3.8) is 0 Å². The molecule has 7 heteroatoms. The van der Waals surface area contributed by atoms with Gasteiger partial charge in [0, 0.05) is 42.0 Å². The minimum Gasteiger partial charge on any atom is -0.351 e. The zero-order valence-corrected chi connectivity index (χ0v) is 15.5. The molecule has 1 aromatic heterocycles. The highest BCUT2D eigenvalue weighted by molar-refractivity contribution is 6.34. The summed E-state index contributed by atoms with van der Waals surface area (Å²) in [7, 11) is 0. The third kappa shape index (κ3) is 3.32. The molecule has 1 aliphatic heterocycles. The fourth-order valence-electron chi connectivity index (χ4n) is 3.51. The number of hydrogen-bond donors (Lipinski definition) is 0. The van der Waals surface area contributed by atoms with Crippen LogP contribution in [0.5, 0.6) is 0 Å². The summed E-state index contributed by atoms with van der Waals surface area (Å²) >= 11 is 6.11. The molecule has 0 spiro atoms. The minimum absolute atomic E-state index is 0.0147. The van der Waals surface area contributed by atoms with Gasteiger partial charge in [-0.25, -0.2) is 4.39 Å². The van der Waals surface area contributed by atoms with Gasteiger partial charge in [0.25, 0.3) is 5.91 Å². The summed E-state index contributed by atoms with van der Waals surface area (Å²) in [6.07, 6.45) is 0. The van der Waals surface area contributed by atoms with E-state index in [-0.39, 0.29) is 22.9 Å². The molecule has 1 unspecified atom stereocenters. The topological polar surface area (TPSA) is 49.3 Å². The van der Waals surface area contributed by atoms with E-state index < -0.39 is 0 Å². The molecule has 2 heterocycles. The van der Waals surface area contributed by atoms with Crippen LogP contribution < -0.4 is 4.90 Å². The van der Waals surface area contributed by atoms with Gasteiger partial charge in [-0.3, -0.25) is 4.79 Å². The van der Waals surface area contributed by atoms with Crippen LogP contribution in [0.25, 0.3) is 10.8 Å². The number of hydrogen-bond acceptors (Lipinski definition) is 4. The number of nitrogens with zero attached hydrogens (tertiary/aromatic N) is 4. The lowest BCUT2D eigenvalue weighted by Gasteiger charge is -2.40. The van der Waals surface area contributed by atoms with Crippen LogP contribution in [-0.4, -0.2) is 46.7 Å². The molecule has 1 atom stereocenters. The molecule has 0 bridgehead atoms. The van der Waals surface area contributed by atoms with Gasteiger partial charge in [0.15, 0.2) is 11.0 Å². The Hall–Kier alpha value is -2.73. The third-order valence-electron chi connectivity index (χ3n) is 4.89. The van der Waals surface area contributed by atoms with Crippen LogP contribution >= 0.6 is 11.6 Å². The smallest absolute Gasteiger partial charge is 0.254 e. The van der Waals surface area contributed by atoms with Crippen molar-refractivity contribution in [3.05, 3.63) is 65.1 Å². The first-order valence-electron chi connectivity index (χ1n) is 8.77. The maximum atomic E-state index is 13.8. The lowest BCUT2D eigenvalue weighted by atomic mass is 10.1. The Kier molecular flexibility index (Phi) is 4.66. The summed E-state index contributed by atoms with van der Waals surface area (Å²) < 4.78 is 13.8. The number of amides is 1. The molecule has 0 saturated carbocycles. The van der Waals surface area contributed by atoms with E-state index in [9.17, 15) is 9.18 Å². The average molecular weight is 385 g/mol. The van der Waals surface area contributed by atoms with Crippen LogP contribution in [0.15, 0.2) is 48.5 Å². The highest BCUT2D eigenvalue weighted by Crippen LogP contribution is 2.30. The lowest BCUT2D eigenvalue weighted by Crippen LogP contribution is -2.54. The zero-order valence-electron chi connectivity index (χ0n) is 14.8. The van der Waals surface area contributed by atoms with Gasteiger partial charge in [0.05, 0.1) is 0 Å². The van der Waals surface area contributed by atoms with Gasteiger partial charge in [0.2, 0.25) is 0 Å². The third-order valence-corrected chi connectivity index (χ3v) is 5.17. The summed E-state index contributed by atoms with van der Waals surface area (Å²) in [4.78, 5) is 16.7. The maximum absolute atomic E-state index is 13.8. The van der Waals surface area contributed by atoms with Crippen LogP contribution in [-0.2, 0) is 0 Å². The number of halogens is 2. The van der Waals surface area contributed by atoms with Gasteiger partial charge in [-0.1, -0.05) is 29.8 Å². The van der Waals surface area contributed by atoms with Crippen molar-refractivity contribution in [1.82, 2.24) is 15.1 Å². The number of piperazine rings is 1. The first kappa shape index (κ1) is 17.7. The van der Waals surface area contributed by atoms with Crippen LogP contribution in [0.4, 0.5) is 10.2 Å². The highest BCUT2D eigenvalue weighted by Gasteiger charge is 2.29. The molecular formula is C20H18ClFN4O. The Balaban J connectivity index is 1.60. The van der Waals surface area contributed by atoms with Gasteiger partial charge in [-0.2, -0.15) is 0 Å². The van der Waals surface area contributed by atoms with E-state index in [1.807, 2.05) is 47.1 Å². The van der Waals surface area contributed by atoms with Crippen molar-refractivity contribution in [1.29, 1.82) is 0 Å². The Morgan fingerprint density at radius 3 is 2.63 bits per heavy atom. The van der Waals surface area contributed by atoms with E-state index in [0.29, 0.717) is 41.8 Å². The van der Waals surface area contributed by atoms with Crippen LogP contribution in [0.1, 0.15) is 17.3 Å². The van der Waals surface area contributed by atoms with Crippen LogP contribution in [0, 0.1) is 5.82 Å². The Morgan fingerprint density at radius 2 is 1.89 bits per heavy atom. The van der Waals surface area contributed by atoms with E-state index in [4.69, 9.17) is 11.6 Å². The predicted molar refractivity (Wildman–Crippen MR) is 104 cm³/mol. The number of anilines is 1. The monoisotopic (exact) mass is 384 g/mol. The van der Waals surface area contributed by atoms with Crippen molar-refractivity contribution in [3.8, 4) is 0 Å². The number of carbonyl (C=O) groups is 1. The van der Waals surface area contributed by atoms with Gasteiger partial charge >= 0.3 is 0 Å². The SMILES string of the molecule is CC1CN(c2nnc(Cl)c3ccc(F)cc23)CCN1C(=O)c1ccccc1. The second-order valence-electron chi connectivity index (χ2n) is 6.66. The van der Waals surface area contributed by atoms with Crippen molar-refractivity contribution >= 4 is 34.1 Å². The summed E-state index contributed by atoms with van der Waals surface area (Å²) in [6.45, 7) is 3.72. The molecule has 27 heavy (non-hydrogen) atoms. The normalized spacial score (nSPS) is 17.4. The molecule has 0 aliphatic carbocycles. The van der Waals surface area contributed by atoms with Gasteiger partial charge in [0.1, 0.15) is 5.82 Å².